The van der Waals surface area contributed by atoms with Gasteiger partial charge in [0.05, 0.1) is 5.69 Å². The molecule has 130 valence electrons. The van der Waals surface area contributed by atoms with E-state index in [9.17, 15) is 0 Å². The number of pyridine rings is 1. The van der Waals surface area contributed by atoms with Gasteiger partial charge in [0.25, 0.3) is 0 Å². The summed E-state index contributed by atoms with van der Waals surface area (Å²) < 4.78 is 12.0. The number of nitrogens with zero attached hydrogens (tertiary/aromatic N) is 1. The van der Waals surface area contributed by atoms with Crippen LogP contribution in [0.25, 0.3) is 22.3 Å². The van der Waals surface area contributed by atoms with Gasteiger partial charge in [-0.15, -0.1) is 0 Å². The fourth-order valence-electron chi connectivity index (χ4n) is 3.17. The Bertz CT molecular complexity index is 791. The van der Waals surface area contributed by atoms with Crippen molar-refractivity contribution in [3.8, 4) is 22.3 Å². The maximum Gasteiger partial charge on any atom is 0.207 e. The summed E-state index contributed by atoms with van der Waals surface area (Å²) in [5.74, 6) is -0.838. The molecule has 0 aliphatic heterocycles. The first-order chi connectivity index (χ1) is 12.2. The molecule has 0 aliphatic carbocycles. The summed E-state index contributed by atoms with van der Waals surface area (Å²) in [6, 6.07) is 14.3. The zero-order chi connectivity index (χ0) is 17.7. The zero-order valence-electron chi connectivity index (χ0n) is 15.0. The second-order valence-corrected chi connectivity index (χ2v) is 5.87. The topological polar surface area (TPSA) is 47.1 Å². The Balaban J connectivity index is 2.21. The smallest absolute Gasteiger partial charge is 0.207 e. The van der Waals surface area contributed by atoms with Crippen molar-refractivity contribution in [3.63, 3.8) is 0 Å². The van der Waals surface area contributed by atoms with Crippen LogP contribution in [0.15, 0.2) is 61.1 Å². The largest absolute Gasteiger partial charge is 0.359 e. The molecule has 0 unspecified atom stereocenters. The number of H-pyrrole nitrogens is 1. The minimum absolute atomic E-state index is 0.561. The lowest BCUT2D eigenvalue weighted by atomic mass is 9.95. The van der Waals surface area contributed by atoms with Gasteiger partial charge < -0.3 is 14.5 Å². The Labute approximate surface area is 148 Å². The van der Waals surface area contributed by atoms with Gasteiger partial charge in [0, 0.05) is 48.5 Å². The number of benzene rings is 1. The molecule has 0 saturated carbocycles. The third-order valence-electron chi connectivity index (χ3n) is 4.21. The Morgan fingerprint density at radius 1 is 0.960 bits per heavy atom. The fraction of sp³-hybridized carbons (Fsp3) is 0.286. The maximum absolute atomic E-state index is 6.00. The molecule has 0 spiro atoms. The van der Waals surface area contributed by atoms with Crippen molar-refractivity contribution in [1.29, 1.82) is 0 Å². The average Bonchev–Trinajstić information content (AvgIpc) is 3.09. The number of hydrogen-bond donors (Lipinski definition) is 1. The SMILES string of the molecule is CCOC(C)(OCC)c1[nH]cc(-c2cccnc2)c1-c1ccccc1. The summed E-state index contributed by atoms with van der Waals surface area (Å²) in [6.45, 7) is 7.04. The van der Waals surface area contributed by atoms with Crippen molar-refractivity contribution in [2.45, 2.75) is 26.6 Å². The number of hydrogen-bond acceptors (Lipinski definition) is 3. The van der Waals surface area contributed by atoms with Gasteiger partial charge in [-0.25, -0.2) is 0 Å². The van der Waals surface area contributed by atoms with Crippen LogP contribution in [0, 0.1) is 0 Å². The lowest BCUT2D eigenvalue weighted by Gasteiger charge is -2.30. The van der Waals surface area contributed by atoms with Crippen molar-refractivity contribution in [3.05, 3.63) is 66.7 Å². The Morgan fingerprint density at radius 2 is 1.64 bits per heavy atom. The van der Waals surface area contributed by atoms with Crippen molar-refractivity contribution in [2.75, 3.05) is 13.2 Å². The lowest BCUT2D eigenvalue weighted by molar-refractivity contribution is -0.231. The highest BCUT2D eigenvalue weighted by molar-refractivity contribution is 5.85. The van der Waals surface area contributed by atoms with Gasteiger partial charge in [0.15, 0.2) is 0 Å². The van der Waals surface area contributed by atoms with Crippen LogP contribution in [0.3, 0.4) is 0 Å². The summed E-state index contributed by atoms with van der Waals surface area (Å²) in [5, 5.41) is 0. The molecule has 0 atom stereocenters. The van der Waals surface area contributed by atoms with Gasteiger partial charge in [-0.05, 0) is 32.4 Å². The lowest BCUT2D eigenvalue weighted by Crippen LogP contribution is -2.30. The standard InChI is InChI=1S/C21H24N2O2/c1-4-24-21(3,25-5-2)20-19(16-10-7-6-8-11-16)18(15-23-20)17-12-9-13-22-14-17/h6-15,23H,4-5H2,1-3H3. The van der Waals surface area contributed by atoms with Crippen LogP contribution in [0.4, 0.5) is 0 Å². The van der Waals surface area contributed by atoms with Crippen molar-refractivity contribution < 1.29 is 9.47 Å². The molecule has 3 rings (SSSR count). The normalized spacial score (nSPS) is 11.6. The molecule has 1 N–H and O–H groups in total. The van der Waals surface area contributed by atoms with E-state index in [0.717, 1.165) is 27.9 Å². The van der Waals surface area contributed by atoms with Crippen molar-refractivity contribution in [1.82, 2.24) is 9.97 Å². The van der Waals surface area contributed by atoms with Crippen molar-refractivity contribution in [2.24, 2.45) is 0 Å². The first kappa shape index (κ1) is 17.4. The van der Waals surface area contributed by atoms with E-state index >= 15 is 0 Å². The summed E-state index contributed by atoms with van der Waals surface area (Å²) in [5.41, 5.74) is 5.25. The molecule has 0 saturated heterocycles. The molecule has 0 fully saturated rings. The average molecular weight is 336 g/mol. The minimum Gasteiger partial charge on any atom is -0.359 e. The van der Waals surface area contributed by atoms with Crippen LogP contribution >= 0.6 is 0 Å². The molecular formula is C21H24N2O2. The van der Waals surface area contributed by atoms with Crippen LogP contribution in [0.2, 0.25) is 0 Å². The van der Waals surface area contributed by atoms with Gasteiger partial charge in [-0.3, -0.25) is 4.98 Å². The number of aromatic nitrogens is 2. The van der Waals surface area contributed by atoms with Crippen LogP contribution in [0.1, 0.15) is 26.5 Å². The Morgan fingerprint density at radius 3 is 2.24 bits per heavy atom. The quantitative estimate of drug-likeness (QED) is 0.618. The molecule has 0 radical (unpaired) electrons. The predicted octanol–water partition coefficient (Wildman–Crippen LogP) is 4.99. The van der Waals surface area contributed by atoms with E-state index in [0.29, 0.717) is 13.2 Å². The van der Waals surface area contributed by atoms with Gasteiger partial charge in [-0.2, -0.15) is 0 Å². The van der Waals surface area contributed by atoms with E-state index in [1.165, 1.54) is 0 Å². The number of aromatic amines is 1. The highest BCUT2D eigenvalue weighted by atomic mass is 16.7. The summed E-state index contributed by atoms with van der Waals surface area (Å²) in [7, 11) is 0. The third kappa shape index (κ3) is 3.50. The summed E-state index contributed by atoms with van der Waals surface area (Å²) >= 11 is 0. The fourth-order valence-corrected chi connectivity index (χ4v) is 3.17. The molecule has 0 aliphatic rings. The highest BCUT2D eigenvalue weighted by Gasteiger charge is 2.33. The summed E-state index contributed by atoms with van der Waals surface area (Å²) in [6.07, 6.45) is 5.66. The van der Waals surface area contributed by atoms with E-state index in [2.05, 4.69) is 28.2 Å². The van der Waals surface area contributed by atoms with Crippen LogP contribution in [0.5, 0.6) is 0 Å². The number of rotatable bonds is 7. The molecule has 25 heavy (non-hydrogen) atoms. The first-order valence-corrected chi connectivity index (χ1v) is 8.65. The van der Waals surface area contributed by atoms with Gasteiger partial charge in [0.1, 0.15) is 0 Å². The molecule has 4 heteroatoms. The Kier molecular flexibility index (Phi) is 5.31. The highest BCUT2D eigenvalue weighted by Crippen LogP contribution is 2.41. The second-order valence-electron chi connectivity index (χ2n) is 5.87. The molecule has 4 nitrogen and oxygen atoms in total. The third-order valence-corrected chi connectivity index (χ3v) is 4.21. The molecule has 0 amide bonds. The first-order valence-electron chi connectivity index (χ1n) is 8.65. The maximum atomic E-state index is 6.00. The predicted molar refractivity (Wildman–Crippen MR) is 100 cm³/mol. The van der Waals surface area contributed by atoms with Gasteiger partial charge in [-0.1, -0.05) is 36.4 Å². The molecule has 3 aromatic rings. The molecule has 2 heterocycles. The number of nitrogens with one attached hydrogen (secondary N) is 1. The minimum atomic E-state index is -0.838. The van der Waals surface area contributed by atoms with Gasteiger partial charge >= 0.3 is 0 Å². The zero-order valence-corrected chi connectivity index (χ0v) is 15.0. The molecule has 0 bridgehead atoms. The van der Waals surface area contributed by atoms with E-state index in [1.807, 2.05) is 57.4 Å². The van der Waals surface area contributed by atoms with E-state index < -0.39 is 5.79 Å². The van der Waals surface area contributed by atoms with E-state index in [4.69, 9.17) is 9.47 Å². The summed E-state index contributed by atoms with van der Waals surface area (Å²) in [4.78, 5) is 7.67. The second kappa shape index (κ2) is 7.64. The van der Waals surface area contributed by atoms with E-state index in [1.54, 1.807) is 6.20 Å². The van der Waals surface area contributed by atoms with Gasteiger partial charge in [0.2, 0.25) is 5.79 Å². The van der Waals surface area contributed by atoms with Crippen LogP contribution < -0.4 is 0 Å². The van der Waals surface area contributed by atoms with Crippen molar-refractivity contribution >= 4 is 0 Å². The Hall–Kier alpha value is -2.43. The molecule has 1 aromatic carbocycles. The number of ether oxygens (including phenoxy) is 2. The van der Waals surface area contributed by atoms with E-state index in [-0.39, 0.29) is 0 Å². The van der Waals surface area contributed by atoms with Crippen LogP contribution in [-0.2, 0) is 15.3 Å². The molecule has 2 aromatic heterocycles. The molecular weight excluding hydrogens is 312 g/mol. The van der Waals surface area contributed by atoms with Crippen LogP contribution in [-0.4, -0.2) is 23.2 Å². The monoisotopic (exact) mass is 336 g/mol.